The van der Waals surface area contributed by atoms with E-state index in [1.807, 2.05) is 6.07 Å². The van der Waals surface area contributed by atoms with Crippen molar-refractivity contribution in [1.29, 1.82) is 0 Å². The number of quaternary nitrogens is 1. The zero-order valence-electron chi connectivity index (χ0n) is 14.3. The van der Waals surface area contributed by atoms with Gasteiger partial charge in [0, 0.05) is 11.1 Å². The van der Waals surface area contributed by atoms with Crippen molar-refractivity contribution >= 4 is 25.0 Å². The van der Waals surface area contributed by atoms with Gasteiger partial charge in [-0.15, -0.1) is 0 Å². The number of hydrogen-bond acceptors (Lipinski definition) is 0. The summed E-state index contributed by atoms with van der Waals surface area (Å²) in [6.45, 7) is 6.30. The summed E-state index contributed by atoms with van der Waals surface area (Å²) in [4.78, 5) is 0. The number of allylic oxidation sites excluding steroid dienone is 1. The van der Waals surface area contributed by atoms with Crippen LogP contribution in [0.2, 0.25) is 0 Å². The van der Waals surface area contributed by atoms with Crippen LogP contribution in [0.3, 0.4) is 0 Å². The van der Waals surface area contributed by atoms with Gasteiger partial charge in [-0.05, 0) is 19.4 Å². The van der Waals surface area contributed by atoms with Gasteiger partial charge in [0.15, 0.2) is 0 Å². The monoisotopic (exact) mass is 407 g/mol. The molecule has 0 atom stereocenters. The van der Waals surface area contributed by atoms with Crippen LogP contribution < -0.4 is 0 Å². The van der Waals surface area contributed by atoms with Crippen LogP contribution in [0.15, 0.2) is 46.5 Å². The number of halogens is 7. The first kappa shape index (κ1) is 22.0. The van der Waals surface area contributed by atoms with E-state index in [1.165, 1.54) is 22.3 Å². The second kappa shape index (κ2) is 6.29. The van der Waals surface area contributed by atoms with Crippen molar-refractivity contribution in [2.75, 3.05) is 27.2 Å². The average Bonchev–Trinajstić information content (AvgIpc) is 2.33. The van der Waals surface area contributed by atoms with Gasteiger partial charge in [0.25, 0.3) is 0 Å². The Balaban J connectivity index is 0.000000381. The van der Waals surface area contributed by atoms with Gasteiger partial charge >= 0.3 is 33.0 Å². The summed E-state index contributed by atoms with van der Waals surface area (Å²) in [5, 5.41) is 0.980. The summed E-state index contributed by atoms with van der Waals surface area (Å²) in [6.07, 6.45) is 0. The van der Waals surface area contributed by atoms with Gasteiger partial charge in [-0.3, -0.25) is 0 Å². The van der Waals surface area contributed by atoms with Crippen molar-refractivity contribution in [3.05, 3.63) is 52.1 Å². The van der Waals surface area contributed by atoms with E-state index < -0.39 is 7.81 Å². The summed E-state index contributed by atoms with van der Waals surface area (Å²) in [6, 6.07) is 10.5. The van der Waals surface area contributed by atoms with Crippen LogP contribution in [-0.4, -0.2) is 31.7 Å². The van der Waals surface area contributed by atoms with E-state index in [-0.39, 0.29) is 0 Å². The van der Waals surface area contributed by atoms with Gasteiger partial charge in [-0.1, -0.05) is 47.5 Å². The van der Waals surface area contributed by atoms with Crippen molar-refractivity contribution < 1.29 is 29.7 Å². The number of nitrogens with zero attached hydrogens (tertiary/aromatic N) is 1. The molecular weight excluding hydrogens is 387 g/mol. The summed E-state index contributed by atoms with van der Waals surface area (Å²) >= 11 is 6.57. The SMILES string of the molecule is CC(C)=C1C[N+](C)(C)CC(Cl)=C1c1ccccc1.F[P-](F)(F)(F)(F)F. The third-order valence-corrected chi connectivity index (χ3v) is 3.70. The Labute approximate surface area is 148 Å². The maximum atomic E-state index is 9.87. The van der Waals surface area contributed by atoms with E-state index in [0.29, 0.717) is 0 Å². The zero-order valence-corrected chi connectivity index (χ0v) is 16.0. The first-order valence-electron chi connectivity index (χ1n) is 7.35. The molecule has 0 amide bonds. The predicted octanol–water partition coefficient (Wildman–Crippen LogP) is 7.45. The molecule has 1 nitrogen and oxygen atoms in total. The van der Waals surface area contributed by atoms with Gasteiger partial charge in [-0.2, -0.15) is 0 Å². The van der Waals surface area contributed by atoms with Crippen LogP contribution in [0, 0.1) is 0 Å². The molecule has 1 aliphatic rings. The predicted molar refractivity (Wildman–Crippen MR) is 93.0 cm³/mol. The van der Waals surface area contributed by atoms with E-state index in [9.17, 15) is 25.2 Å². The number of hydrogen-bond donors (Lipinski definition) is 0. The number of rotatable bonds is 1. The second-order valence-electron chi connectivity index (χ2n) is 6.83. The normalized spacial score (nSPS) is 20.2. The fourth-order valence-corrected chi connectivity index (χ4v) is 3.07. The fraction of sp³-hybridized carbons (Fsp3) is 0.375. The van der Waals surface area contributed by atoms with Gasteiger partial charge in [0.2, 0.25) is 0 Å². The molecule has 25 heavy (non-hydrogen) atoms. The Morgan fingerprint density at radius 1 is 0.920 bits per heavy atom. The van der Waals surface area contributed by atoms with E-state index in [2.05, 4.69) is 52.2 Å². The van der Waals surface area contributed by atoms with E-state index in [1.54, 1.807) is 0 Å². The molecule has 9 heteroatoms. The third-order valence-electron chi connectivity index (χ3n) is 3.39. The average molecular weight is 408 g/mol. The molecule has 0 fully saturated rings. The summed E-state index contributed by atoms with van der Waals surface area (Å²) in [7, 11) is -6.20. The topological polar surface area (TPSA) is 0 Å². The molecule has 0 saturated carbocycles. The van der Waals surface area contributed by atoms with E-state index >= 15 is 0 Å². The van der Waals surface area contributed by atoms with Gasteiger partial charge < -0.3 is 4.48 Å². The Kier molecular flexibility index (Phi) is 5.53. The molecule has 1 aliphatic heterocycles. The Morgan fingerprint density at radius 3 is 1.76 bits per heavy atom. The summed E-state index contributed by atoms with van der Waals surface area (Å²) in [5.41, 5.74) is 5.23. The molecule has 0 spiro atoms. The number of benzene rings is 1. The minimum atomic E-state index is -10.7. The molecule has 1 heterocycles. The van der Waals surface area contributed by atoms with Crippen LogP contribution in [-0.2, 0) is 0 Å². The van der Waals surface area contributed by atoms with Crippen molar-refractivity contribution in [1.82, 2.24) is 0 Å². The van der Waals surface area contributed by atoms with Crippen LogP contribution in [0.25, 0.3) is 5.57 Å². The molecule has 0 unspecified atom stereocenters. The molecule has 2 rings (SSSR count). The molecule has 1 aromatic carbocycles. The van der Waals surface area contributed by atoms with Gasteiger partial charge in [0.05, 0.1) is 19.1 Å². The van der Waals surface area contributed by atoms with E-state index in [0.717, 1.165) is 22.6 Å². The van der Waals surface area contributed by atoms with Crippen LogP contribution in [0.4, 0.5) is 25.2 Å². The Hall–Kier alpha value is -1.04. The second-order valence-corrected chi connectivity index (χ2v) is 9.21. The molecule has 0 N–H and O–H groups in total. The summed E-state index contributed by atoms with van der Waals surface area (Å²) in [5.74, 6) is 0. The van der Waals surface area contributed by atoms with Crippen LogP contribution >= 0.6 is 19.4 Å². The fourth-order valence-electron chi connectivity index (χ4n) is 2.53. The first-order chi connectivity index (χ1) is 10.9. The van der Waals surface area contributed by atoms with Crippen LogP contribution in [0.5, 0.6) is 0 Å². The molecule has 0 aromatic heterocycles. The quantitative estimate of drug-likeness (QED) is 0.258. The summed E-state index contributed by atoms with van der Waals surface area (Å²) < 4.78 is 60.1. The molecule has 0 saturated heterocycles. The van der Waals surface area contributed by atoms with Crippen molar-refractivity contribution in [3.63, 3.8) is 0 Å². The van der Waals surface area contributed by atoms with E-state index in [4.69, 9.17) is 11.6 Å². The zero-order chi connectivity index (χ0) is 19.7. The Bertz CT molecular complexity index is 690. The number of likely N-dealkylation sites (N-methyl/N-ethyl adjacent to an activating group) is 1. The van der Waals surface area contributed by atoms with Crippen molar-refractivity contribution in [2.45, 2.75) is 13.8 Å². The van der Waals surface area contributed by atoms with Crippen LogP contribution in [0.1, 0.15) is 19.4 Å². The molecule has 144 valence electrons. The van der Waals surface area contributed by atoms with Gasteiger partial charge in [0.1, 0.15) is 13.1 Å². The molecule has 0 aliphatic carbocycles. The molecular formula is C16H21ClF6NP. The Morgan fingerprint density at radius 2 is 1.36 bits per heavy atom. The van der Waals surface area contributed by atoms with Gasteiger partial charge in [-0.25, -0.2) is 0 Å². The first-order valence-corrected chi connectivity index (χ1v) is 9.75. The standard InChI is InChI=1S/C16H21ClN.F6P/c1-12(2)14-10-18(3,4)11-15(17)16(14)13-8-6-5-7-9-13;1-7(2,3,4,5)6/h5-9H,10-11H2,1-4H3;/q+1;-1. The molecule has 0 radical (unpaired) electrons. The third kappa shape index (κ3) is 9.28. The molecule has 1 aromatic rings. The minimum absolute atomic E-state index is 0.905. The van der Waals surface area contributed by atoms with Crippen molar-refractivity contribution in [2.24, 2.45) is 0 Å². The maximum absolute atomic E-state index is 10.7. The van der Waals surface area contributed by atoms with Crippen molar-refractivity contribution in [3.8, 4) is 0 Å². The molecule has 0 bridgehead atoms.